The molecule has 16 aromatic rings. The minimum Gasteiger partial charge on any atom is -0.310 e. The largest absolute Gasteiger partial charge is 0.310 e. The van der Waals surface area contributed by atoms with E-state index < -0.39 is 0 Å². The zero-order chi connectivity index (χ0) is 55.5. The molecule has 0 saturated carbocycles. The Morgan fingerprint density at radius 1 is 0.179 bits per heavy atom. The van der Waals surface area contributed by atoms with Crippen molar-refractivity contribution in [1.82, 2.24) is 28.7 Å². The molecule has 396 valence electrons. The predicted octanol–water partition coefficient (Wildman–Crippen LogP) is 19.6. The quantitative estimate of drug-likeness (QED) is 0.121. The fraction of sp³-hybridized carbons (Fsp3) is 0. The molecule has 4 heterocycles. The Labute approximate surface area is 484 Å². The molecule has 4 aromatic heterocycles. The number of rotatable bonds is 12. The molecule has 12 aromatic carbocycles. The molecule has 0 spiro atoms. The Balaban J connectivity index is 1.00. The number of hydrogen-bond donors (Lipinski definition) is 0. The van der Waals surface area contributed by atoms with Crippen LogP contribution < -0.4 is 14.7 Å². The number of hydrogen-bond acceptors (Lipinski definition) is 6. The Kier molecular flexibility index (Phi) is 11.6. The average Bonchev–Trinajstić information content (AvgIpc) is 3.26. The molecule has 9 heteroatoms. The minimum absolute atomic E-state index is 0.471. The summed E-state index contributed by atoms with van der Waals surface area (Å²) in [6.45, 7) is 0. The van der Waals surface area contributed by atoms with Crippen molar-refractivity contribution in [2.24, 2.45) is 0 Å². The van der Waals surface area contributed by atoms with Gasteiger partial charge < -0.3 is 14.7 Å². The number of anilines is 9. The topological polar surface area (TPSA) is 63.2 Å². The summed E-state index contributed by atoms with van der Waals surface area (Å²) < 4.78 is 6.69. The summed E-state index contributed by atoms with van der Waals surface area (Å²) in [6, 6.07) is 109. The van der Waals surface area contributed by atoms with Crippen molar-refractivity contribution in [3.8, 4) is 17.8 Å². The molecule has 16 rings (SSSR count). The zero-order valence-electron chi connectivity index (χ0n) is 45.5. The SMILES string of the molecule is c1ccc(N(c2ccccc2)c2ccc3c4ccccc4n(-c4nc(-n5c6ccccc6c6ccc(N(c7ccccc7)c7ccccc7)cc65)nc(-n5c6ccccc6c6ccc(N(c7ccccc7)c7ccccc7)cc65)n4)c3c2)cc1. The normalized spacial score (nSPS) is 11.6. The number of para-hydroxylation sites is 9. The summed E-state index contributed by atoms with van der Waals surface area (Å²) in [7, 11) is 0. The molecule has 0 aliphatic heterocycles. The van der Waals surface area contributed by atoms with Gasteiger partial charge in [-0.1, -0.05) is 182 Å². The summed E-state index contributed by atoms with van der Waals surface area (Å²) in [6.07, 6.45) is 0. The third-order valence-corrected chi connectivity index (χ3v) is 16.0. The molecule has 0 atom stereocenters. The molecular formula is C75H51N9. The van der Waals surface area contributed by atoms with Crippen LogP contribution in [0.3, 0.4) is 0 Å². The van der Waals surface area contributed by atoms with E-state index in [2.05, 4.69) is 338 Å². The second-order valence-electron chi connectivity index (χ2n) is 20.9. The Hall–Kier alpha value is -11.6. The van der Waals surface area contributed by atoms with Gasteiger partial charge in [0.1, 0.15) is 0 Å². The molecule has 0 aliphatic carbocycles. The van der Waals surface area contributed by atoms with Gasteiger partial charge in [-0.25, -0.2) is 0 Å². The number of fused-ring (bicyclic) bond motifs is 9. The highest BCUT2D eigenvalue weighted by molar-refractivity contribution is 6.13. The average molecular weight is 1080 g/mol. The highest BCUT2D eigenvalue weighted by Crippen LogP contribution is 2.44. The molecule has 0 aliphatic rings. The molecule has 84 heavy (non-hydrogen) atoms. The first kappa shape index (κ1) is 48.4. The van der Waals surface area contributed by atoms with Crippen LogP contribution in [-0.2, 0) is 0 Å². The Bertz CT molecular complexity index is 4440. The van der Waals surface area contributed by atoms with Crippen LogP contribution in [0.25, 0.3) is 83.3 Å². The lowest BCUT2D eigenvalue weighted by molar-refractivity contribution is 0.848. The highest BCUT2D eigenvalue weighted by Gasteiger charge is 2.26. The lowest BCUT2D eigenvalue weighted by Crippen LogP contribution is -2.14. The lowest BCUT2D eigenvalue weighted by atomic mass is 10.1. The van der Waals surface area contributed by atoms with Gasteiger partial charge in [0.05, 0.1) is 33.1 Å². The van der Waals surface area contributed by atoms with Crippen LogP contribution in [0, 0.1) is 0 Å². The van der Waals surface area contributed by atoms with E-state index in [4.69, 9.17) is 15.0 Å². The van der Waals surface area contributed by atoms with Crippen molar-refractivity contribution in [2.75, 3.05) is 14.7 Å². The molecule has 0 bridgehead atoms. The van der Waals surface area contributed by atoms with E-state index in [9.17, 15) is 0 Å². The van der Waals surface area contributed by atoms with E-state index in [1.54, 1.807) is 0 Å². The second kappa shape index (κ2) is 20.2. The van der Waals surface area contributed by atoms with Gasteiger partial charge in [0.15, 0.2) is 0 Å². The van der Waals surface area contributed by atoms with E-state index in [1.165, 1.54) is 0 Å². The third kappa shape index (κ3) is 8.13. The number of nitrogens with zero attached hydrogens (tertiary/aromatic N) is 9. The minimum atomic E-state index is 0.471. The molecule has 0 saturated heterocycles. The molecule has 0 unspecified atom stereocenters. The standard InChI is InChI=1S/C75H51N9/c1-7-25-52(26-8-1)79(53-27-9-2-10-28-53)58-43-46-64-61-37-19-22-40-67(61)82(70(64)49-58)73-76-74(83-68-41-23-20-38-62(68)65-47-44-59(50-71(65)83)80(54-29-11-3-12-30-54)55-31-13-4-14-32-55)78-75(77-73)84-69-42-24-21-39-63(69)66-48-45-60(51-72(66)84)81(56-33-15-5-16-34-56)57-35-17-6-18-36-57/h1-51H. The monoisotopic (exact) mass is 1080 g/mol. The zero-order valence-corrected chi connectivity index (χ0v) is 45.5. The van der Waals surface area contributed by atoms with E-state index in [0.717, 1.165) is 117 Å². The maximum Gasteiger partial charge on any atom is 0.241 e. The number of benzene rings is 12. The van der Waals surface area contributed by atoms with Crippen molar-refractivity contribution >= 4 is 117 Å². The Morgan fingerprint density at radius 3 is 0.619 bits per heavy atom. The third-order valence-electron chi connectivity index (χ3n) is 16.0. The summed E-state index contributed by atoms with van der Waals surface area (Å²) in [4.78, 5) is 24.2. The first-order chi connectivity index (χ1) is 41.7. The van der Waals surface area contributed by atoms with Crippen molar-refractivity contribution in [1.29, 1.82) is 0 Å². The van der Waals surface area contributed by atoms with Gasteiger partial charge in [-0.05, 0) is 127 Å². The summed E-state index contributed by atoms with van der Waals surface area (Å²) in [5.41, 5.74) is 15.0. The van der Waals surface area contributed by atoms with Crippen LogP contribution in [0.2, 0.25) is 0 Å². The second-order valence-corrected chi connectivity index (χ2v) is 20.9. The van der Waals surface area contributed by atoms with Gasteiger partial charge in [-0.15, -0.1) is 0 Å². The van der Waals surface area contributed by atoms with Crippen molar-refractivity contribution in [3.05, 3.63) is 309 Å². The number of aromatic nitrogens is 6. The first-order valence-corrected chi connectivity index (χ1v) is 28.3. The van der Waals surface area contributed by atoms with Crippen LogP contribution in [-0.4, -0.2) is 28.7 Å². The van der Waals surface area contributed by atoms with E-state index >= 15 is 0 Å². The smallest absolute Gasteiger partial charge is 0.241 e. The fourth-order valence-electron chi connectivity index (χ4n) is 12.4. The van der Waals surface area contributed by atoms with E-state index in [-0.39, 0.29) is 0 Å². The first-order valence-electron chi connectivity index (χ1n) is 28.3. The maximum absolute atomic E-state index is 5.75. The van der Waals surface area contributed by atoms with Gasteiger partial charge >= 0.3 is 0 Å². The van der Waals surface area contributed by atoms with Gasteiger partial charge in [-0.3, -0.25) is 13.7 Å². The van der Waals surface area contributed by atoms with Crippen LogP contribution in [0.5, 0.6) is 0 Å². The van der Waals surface area contributed by atoms with Crippen molar-refractivity contribution < 1.29 is 0 Å². The van der Waals surface area contributed by atoms with Gasteiger partial charge in [0.25, 0.3) is 0 Å². The van der Waals surface area contributed by atoms with Crippen molar-refractivity contribution in [3.63, 3.8) is 0 Å². The lowest BCUT2D eigenvalue weighted by Gasteiger charge is -2.26. The molecular weight excluding hydrogens is 1030 g/mol. The van der Waals surface area contributed by atoms with Crippen LogP contribution in [0.1, 0.15) is 0 Å². The molecule has 0 radical (unpaired) electrons. The molecule has 0 fully saturated rings. The fourth-order valence-corrected chi connectivity index (χ4v) is 12.4. The predicted molar refractivity (Wildman–Crippen MR) is 347 cm³/mol. The van der Waals surface area contributed by atoms with Crippen LogP contribution in [0.15, 0.2) is 309 Å². The molecule has 0 amide bonds. The van der Waals surface area contributed by atoms with Gasteiger partial charge in [0.2, 0.25) is 17.8 Å². The van der Waals surface area contributed by atoms with E-state index in [0.29, 0.717) is 17.8 Å². The van der Waals surface area contributed by atoms with Crippen LogP contribution >= 0.6 is 0 Å². The van der Waals surface area contributed by atoms with Gasteiger partial charge in [0, 0.05) is 83.5 Å². The van der Waals surface area contributed by atoms with E-state index in [1.807, 2.05) is 0 Å². The maximum atomic E-state index is 5.75. The molecule has 0 N–H and O–H groups in total. The molecule has 9 nitrogen and oxygen atoms in total. The summed E-state index contributed by atoms with van der Waals surface area (Å²) in [5, 5.41) is 6.48. The Morgan fingerprint density at radius 2 is 0.381 bits per heavy atom. The highest BCUT2D eigenvalue weighted by atomic mass is 15.3. The summed E-state index contributed by atoms with van der Waals surface area (Å²) >= 11 is 0. The van der Waals surface area contributed by atoms with Crippen molar-refractivity contribution in [2.45, 2.75) is 0 Å². The van der Waals surface area contributed by atoms with Crippen LogP contribution in [0.4, 0.5) is 51.2 Å². The summed E-state index contributed by atoms with van der Waals surface area (Å²) in [5.74, 6) is 1.41. The van der Waals surface area contributed by atoms with Gasteiger partial charge in [-0.2, -0.15) is 15.0 Å².